The number of aliphatic hydroxyl groups is 1. The lowest BCUT2D eigenvalue weighted by molar-refractivity contribution is -0.250. The third-order valence-corrected chi connectivity index (χ3v) is 6.08. The fourth-order valence-corrected chi connectivity index (χ4v) is 4.19. The first-order chi connectivity index (χ1) is 16.6. The predicted octanol–water partition coefficient (Wildman–Crippen LogP) is 6.63. The summed E-state index contributed by atoms with van der Waals surface area (Å²) in [5.74, 6) is -3.83. The molecule has 0 aromatic heterocycles. The van der Waals surface area contributed by atoms with E-state index in [1.807, 2.05) is 0 Å². The number of hydrogen-bond acceptors (Lipinski definition) is 4. The number of benzene rings is 2. The first-order valence-electron chi connectivity index (χ1n) is 10.4. The van der Waals surface area contributed by atoms with Crippen molar-refractivity contribution in [3.63, 3.8) is 0 Å². The lowest BCUT2D eigenvalue weighted by Crippen LogP contribution is -2.51. The van der Waals surface area contributed by atoms with Gasteiger partial charge in [-0.1, -0.05) is 36.7 Å². The van der Waals surface area contributed by atoms with Crippen molar-refractivity contribution in [3.05, 3.63) is 82.0 Å². The van der Waals surface area contributed by atoms with Gasteiger partial charge in [0.05, 0.1) is 11.1 Å². The lowest BCUT2D eigenvalue weighted by atomic mass is 9.77. The van der Waals surface area contributed by atoms with E-state index in [-0.39, 0.29) is 27.7 Å². The maximum absolute atomic E-state index is 14.1. The maximum atomic E-state index is 14.1. The van der Waals surface area contributed by atoms with Gasteiger partial charge in [-0.15, -0.1) is 0 Å². The first kappa shape index (κ1) is 27.4. The Morgan fingerprint density at radius 2 is 1.69 bits per heavy atom. The van der Waals surface area contributed by atoms with Crippen LogP contribution >= 0.6 is 11.6 Å². The maximum Gasteiger partial charge on any atom is 0.422 e. The van der Waals surface area contributed by atoms with Gasteiger partial charge in [0, 0.05) is 36.3 Å². The third-order valence-electron chi connectivity index (χ3n) is 5.75. The van der Waals surface area contributed by atoms with Crippen molar-refractivity contribution in [3.8, 4) is 11.5 Å². The van der Waals surface area contributed by atoms with Gasteiger partial charge in [-0.2, -0.15) is 26.3 Å². The smallest absolute Gasteiger partial charge is 0.422 e. The molecule has 0 bridgehead atoms. The highest BCUT2D eigenvalue weighted by molar-refractivity contribution is 6.31. The molecule has 2 atom stereocenters. The van der Waals surface area contributed by atoms with E-state index >= 15 is 0 Å². The number of alkyl halides is 6. The van der Waals surface area contributed by atoms with Crippen molar-refractivity contribution in [1.29, 1.82) is 0 Å². The molecule has 2 aromatic rings. The fourth-order valence-electron chi connectivity index (χ4n) is 3.86. The first-order valence-corrected chi connectivity index (χ1v) is 10.7. The van der Waals surface area contributed by atoms with Crippen LogP contribution < -0.4 is 4.74 Å². The van der Waals surface area contributed by atoms with E-state index in [0.717, 1.165) is 25.1 Å². The number of ether oxygens (including phenoxy) is 1. The van der Waals surface area contributed by atoms with E-state index in [2.05, 4.69) is 0 Å². The summed E-state index contributed by atoms with van der Waals surface area (Å²) < 4.78 is 87.5. The molecule has 1 aliphatic rings. The van der Waals surface area contributed by atoms with Crippen molar-refractivity contribution in [2.24, 2.45) is 0 Å². The molecule has 36 heavy (non-hydrogen) atoms. The molecule has 194 valence electrons. The second kappa shape index (κ2) is 9.70. The third kappa shape index (κ3) is 5.31. The van der Waals surface area contributed by atoms with Crippen LogP contribution in [0.5, 0.6) is 11.5 Å². The van der Waals surface area contributed by atoms with Crippen molar-refractivity contribution in [2.45, 2.75) is 30.8 Å². The monoisotopic (exact) mass is 535 g/mol. The van der Waals surface area contributed by atoms with Gasteiger partial charge in [-0.25, -0.2) is 4.79 Å². The summed E-state index contributed by atoms with van der Waals surface area (Å²) in [7, 11) is 1.55. The molecule has 0 saturated heterocycles. The number of carboxylic acids is 1. The second-order valence-electron chi connectivity index (χ2n) is 8.21. The molecule has 0 amide bonds. The topological polar surface area (TPSA) is 70.0 Å². The minimum atomic E-state index is -5.07. The Kier molecular flexibility index (Phi) is 7.39. The van der Waals surface area contributed by atoms with Gasteiger partial charge in [0.15, 0.2) is 5.60 Å². The quantitative estimate of drug-likeness (QED) is 0.406. The van der Waals surface area contributed by atoms with Gasteiger partial charge < -0.3 is 19.8 Å². The van der Waals surface area contributed by atoms with Crippen molar-refractivity contribution < 1.29 is 46.1 Å². The molecule has 0 fully saturated rings. The van der Waals surface area contributed by atoms with Crippen LogP contribution in [0.2, 0.25) is 5.02 Å². The van der Waals surface area contributed by atoms with E-state index in [1.54, 1.807) is 7.05 Å². The van der Waals surface area contributed by atoms with Gasteiger partial charge in [-0.3, -0.25) is 0 Å². The summed E-state index contributed by atoms with van der Waals surface area (Å²) in [5.41, 5.74) is -6.16. The number of hydrogen-bond donors (Lipinski definition) is 2. The summed E-state index contributed by atoms with van der Waals surface area (Å²) in [4.78, 5) is 12.6. The van der Waals surface area contributed by atoms with Gasteiger partial charge >= 0.3 is 18.3 Å². The van der Waals surface area contributed by atoms with Crippen molar-refractivity contribution in [2.75, 3.05) is 13.6 Å². The van der Waals surface area contributed by atoms with E-state index in [0.29, 0.717) is 12.6 Å². The molecular weight excluding hydrogens is 516 g/mol. The highest BCUT2D eigenvalue weighted by Crippen LogP contribution is 2.48. The number of nitrogens with zero attached hydrogens (tertiary/aromatic N) is 1. The van der Waals surface area contributed by atoms with E-state index in [9.17, 15) is 36.2 Å². The number of carbonyl (C=O) groups is 1. The van der Waals surface area contributed by atoms with Crippen LogP contribution in [0.4, 0.5) is 26.3 Å². The number of likely N-dealkylation sites (N-methyl/N-ethyl adjacent to an activating group) is 1. The average Bonchev–Trinajstić information content (AvgIpc) is 2.76. The summed E-state index contributed by atoms with van der Waals surface area (Å²) in [6.07, 6.45) is -6.19. The summed E-state index contributed by atoms with van der Waals surface area (Å²) >= 11 is 6.22. The molecule has 1 aliphatic heterocycles. The molecule has 2 unspecified atom stereocenters. The number of rotatable bonds is 6. The normalized spacial score (nSPS) is 16.8. The predicted molar refractivity (Wildman–Crippen MR) is 119 cm³/mol. The number of halogens is 7. The van der Waals surface area contributed by atoms with Gasteiger partial charge in [0.2, 0.25) is 0 Å². The molecule has 0 radical (unpaired) electrons. The SMILES string of the molecule is CC(c1ccc(Oc2ccc(C(=O)O)c(C(F)(F)F)c2)cc1Cl)C(O)(C1=CN(C)CC=C1)C(F)(F)F. The van der Waals surface area contributed by atoms with E-state index < -0.39 is 41.0 Å². The zero-order chi connectivity index (χ0) is 27.1. The molecule has 0 saturated carbocycles. The molecule has 2 N–H and O–H groups in total. The molecule has 1 heterocycles. The molecule has 2 aromatic carbocycles. The van der Waals surface area contributed by atoms with Crippen LogP contribution in [-0.4, -0.2) is 46.5 Å². The van der Waals surface area contributed by atoms with Gasteiger partial charge in [0.25, 0.3) is 0 Å². The standard InChI is InChI=1S/C24H20ClF6NO4/c1-13(22(35,24(29,30)31)14-4-3-9-32(2)12-14)17-7-5-16(11-20(17)25)36-15-6-8-18(21(33)34)19(10-15)23(26,27)28/h3-8,10-13,35H,9H2,1-2H3,(H,33,34). The zero-order valence-electron chi connectivity index (χ0n) is 18.8. The molecular formula is C24H20ClF6NO4. The fraction of sp³-hybridized carbons (Fsp3) is 0.292. The molecule has 3 rings (SSSR count). The largest absolute Gasteiger partial charge is 0.478 e. The number of carboxylic acid groups (broad SMARTS) is 1. The van der Waals surface area contributed by atoms with E-state index in [4.69, 9.17) is 21.4 Å². The van der Waals surface area contributed by atoms with E-state index in [1.165, 1.54) is 35.4 Å². The lowest BCUT2D eigenvalue weighted by Gasteiger charge is -2.39. The van der Waals surface area contributed by atoms with Gasteiger partial charge in [-0.05, 0) is 35.9 Å². The molecule has 0 spiro atoms. The molecule has 5 nitrogen and oxygen atoms in total. The summed E-state index contributed by atoms with van der Waals surface area (Å²) in [6, 6.07) is 5.68. The second-order valence-corrected chi connectivity index (χ2v) is 8.62. The van der Waals surface area contributed by atoms with Crippen molar-refractivity contribution >= 4 is 17.6 Å². The highest BCUT2D eigenvalue weighted by Gasteiger charge is 2.59. The Labute approximate surface area is 206 Å². The van der Waals surface area contributed by atoms with Crippen LogP contribution in [0.15, 0.2) is 60.3 Å². The minimum Gasteiger partial charge on any atom is -0.478 e. The Hall–Kier alpha value is -3.18. The average molecular weight is 536 g/mol. The minimum absolute atomic E-state index is 0.0800. The Balaban J connectivity index is 1.96. The highest BCUT2D eigenvalue weighted by atomic mass is 35.5. The Morgan fingerprint density at radius 3 is 2.22 bits per heavy atom. The summed E-state index contributed by atoms with van der Waals surface area (Å²) in [5, 5.41) is 19.7. The van der Waals surface area contributed by atoms with Gasteiger partial charge in [0.1, 0.15) is 11.5 Å². The Bertz CT molecular complexity index is 1220. The zero-order valence-corrected chi connectivity index (χ0v) is 19.5. The molecule has 12 heteroatoms. The van der Waals surface area contributed by atoms with Crippen molar-refractivity contribution in [1.82, 2.24) is 4.90 Å². The number of aromatic carboxylic acids is 1. The van der Waals surface area contributed by atoms with Crippen LogP contribution in [-0.2, 0) is 6.18 Å². The molecule has 0 aliphatic carbocycles. The Morgan fingerprint density at radius 1 is 1.08 bits per heavy atom. The van der Waals surface area contributed by atoms with Crippen LogP contribution in [0.3, 0.4) is 0 Å². The van der Waals surface area contributed by atoms with Crippen LogP contribution in [0.25, 0.3) is 0 Å². The van der Waals surface area contributed by atoms with Crippen LogP contribution in [0, 0.1) is 0 Å². The van der Waals surface area contributed by atoms with Crippen LogP contribution in [0.1, 0.15) is 34.3 Å². The summed E-state index contributed by atoms with van der Waals surface area (Å²) in [6.45, 7) is 1.51.